The molecule has 2 rings (SSSR count). The summed E-state index contributed by atoms with van der Waals surface area (Å²) in [5, 5.41) is 9.03. The maximum Gasteiger partial charge on any atom is 0.434 e. The number of aryl methyl sites for hydroxylation is 1. The van der Waals surface area contributed by atoms with Crippen LogP contribution in [0.25, 0.3) is 5.82 Å². The summed E-state index contributed by atoms with van der Waals surface area (Å²) in [5.41, 5.74) is -0.105. The molecule has 0 fully saturated rings. The molecule has 2 aromatic heterocycles. The summed E-state index contributed by atoms with van der Waals surface area (Å²) in [4.78, 5) is 30.3. The lowest BCUT2D eigenvalue weighted by atomic mass is 10.3. The molecular weight excluding hydrogens is 260 g/mol. The molecule has 0 spiro atoms. The molecule has 0 bridgehead atoms. The zero-order valence-electron chi connectivity index (χ0n) is 9.37. The van der Waals surface area contributed by atoms with Crippen molar-refractivity contribution in [1.29, 1.82) is 0 Å². The minimum absolute atomic E-state index is 0.0207. The van der Waals surface area contributed by atoms with Crippen molar-refractivity contribution < 1.29 is 9.90 Å². The number of aromatic nitrogens is 4. The fourth-order valence-electron chi connectivity index (χ4n) is 1.62. The highest BCUT2D eigenvalue weighted by molar-refractivity contribution is 6.28. The second-order valence-corrected chi connectivity index (χ2v) is 3.76. The summed E-state index contributed by atoms with van der Waals surface area (Å²) in [6.07, 6.45) is 0.493. The maximum atomic E-state index is 11.6. The van der Waals surface area contributed by atoms with Crippen LogP contribution in [0.4, 0.5) is 4.79 Å². The van der Waals surface area contributed by atoms with Crippen LogP contribution in [0.2, 0.25) is 5.28 Å². The van der Waals surface area contributed by atoms with Gasteiger partial charge in [-0.25, -0.2) is 14.5 Å². The number of carbonyl (C=O) groups is 1. The lowest BCUT2D eigenvalue weighted by Crippen LogP contribution is -2.28. The minimum atomic E-state index is -1.38. The molecule has 2 heterocycles. The number of rotatable bonds is 2. The summed E-state index contributed by atoms with van der Waals surface area (Å²) in [7, 11) is 0. The van der Waals surface area contributed by atoms with Crippen LogP contribution in [0, 0.1) is 0 Å². The van der Waals surface area contributed by atoms with Gasteiger partial charge in [-0.1, -0.05) is 6.92 Å². The lowest BCUT2D eigenvalue weighted by molar-refractivity contribution is 0.189. The molecule has 0 atom stereocenters. The van der Waals surface area contributed by atoms with Gasteiger partial charge in [-0.15, -0.1) is 4.68 Å². The van der Waals surface area contributed by atoms with Gasteiger partial charge in [0, 0.05) is 24.0 Å². The average Bonchev–Trinajstić information content (AvgIpc) is 2.66. The predicted molar refractivity (Wildman–Crippen MR) is 63.4 cm³/mol. The Kier molecular flexibility index (Phi) is 3.15. The minimum Gasteiger partial charge on any atom is -0.463 e. The molecule has 0 saturated heterocycles. The standard InChI is InChI=1S/C10H9ClN4O3/c1-2-6-5-8(16)15(10(17)18)14(6)7-3-4-12-9(11)13-7/h3-5H,2H2,1H3,(H,17,18). The topological polar surface area (TPSA) is 90.0 Å². The molecule has 0 aliphatic rings. The molecule has 0 aliphatic carbocycles. The van der Waals surface area contributed by atoms with Gasteiger partial charge in [0.1, 0.15) is 0 Å². The first-order valence-corrected chi connectivity index (χ1v) is 5.48. The van der Waals surface area contributed by atoms with Crippen LogP contribution < -0.4 is 5.56 Å². The van der Waals surface area contributed by atoms with Crippen molar-refractivity contribution in [3.63, 3.8) is 0 Å². The molecule has 8 heteroatoms. The third kappa shape index (κ3) is 2.00. The molecule has 0 aliphatic heterocycles. The number of carboxylic acid groups (broad SMARTS) is 1. The van der Waals surface area contributed by atoms with Crippen LogP contribution in [-0.2, 0) is 6.42 Å². The van der Waals surface area contributed by atoms with Crippen molar-refractivity contribution in [2.75, 3.05) is 0 Å². The highest BCUT2D eigenvalue weighted by atomic mass is 35.5. The van der Waals surface area contributed by atoms with Gasteiger partial charge in [-0.2, -0.15) is 4.98 Å². The smallest absolute Gasteiger partial charge is 0.434 e. The summed E-state index contributed by atoms with van der Waals surface area (Å²) in [6.45, 7) is 1.81. The van der Waals surface area contributed by atoms with E-state index in [9.17, 15) is 9.59 Å². The Morgan fingerprint density at radius 3 is 2.83 bits per heavy atom. The largest absolute Gasteiger partial charge is 0.463 e. The second-order valence-electron chi connectivity index (χ2n) is 3.42. The van der Waals surface area contributed by atoms with E-state index in [1.54, 1.807) is 6.92 Å². The van der Waals surface area contributed by atoms with E-state index in [1.165, 1.54) is 23.0 Å². The van der Waals surface area contributed by atoms with Crippen LogP contribution in [-0.4, -0.2) is 30.5 Å². The third-order valence-electron chi connectivity index (χ3n) is 2.34. The van der Waals surface area contributed by atoms with E-state index in [0.29, 0.717) is 16.8 Å². The molecule has 0 unspecified atom stereocenters. The van der Waals surface area contributed by atoms with Gasteiger partial charge in [0.25, 0.3) is 5.56 Å². The molecule has 7 nitrogen and oxygen atoms in total. The highest BCUT2D eigenvalue weighted by Crippen LogP contribution is 2.10. The van der Waals surface area contributed by atoms with Gasteiger partial charge in [-0.3, -0.25) is 4.79 Å². The Morgan fingerprint density at radius 1 is 1.56 bits per heavy atom. The van der Waals surface area contributed by atoms with E-state index < -0.39 is 11.7 Å². The monoisotopic (exact) mass is 268 g/mol. The Balaban J connectivity index is 2.76. The van der Waals surface area contributed by atoms with Crippen LogP contribution in [0.1, 0.15) is 12.6 Å². The zero-order chi connectivity index (χ0) is 13.3. The van der Waals surface area contributed by atoms with E-state index in [1.807, 2.05) is 0 Å². The molecule has 0 saturated carbocycles. The summed E-state index contributed by atoms with van der Waals surface area (Å²) in [5.74, 6) is 0.233. The van der Waals surface area contributed by atoms with Gasteiger partial charge in [0.05, 0.1) is 0 Å². The van der Waals surface area contributed by atoms with Gasteiger partial charge >= 0.3 is 6.09 Å². The van der Waals surface area contributed by atoms with Gasteiger partial charge in [-0.05, 0) is 18.0 Å². The van der Waals surface area contributed by atoms with Crippen LogP contribution >= 0.6 is 11.6 Å². The first-order valence-electron chi connectivity index (χ1n) is 5.10. The van der Waals surface area contributed by atoms with Crippen molar-refractivity contribution in [3.8, 4) is 5.82 Å². The fourth-order valence-corrected chi connectivity index (χ4v) is 1.76. The Morgan fingerprint density at radius 2 is 2.28 bits per heavy atom. The molecule has 0 aromatic carbocycles. The fraction of sp³-hybridized carbons (Fsp3) is 0.200. The number of halogens is 1. The van der Waals surface area contributed by atoms with Crippen molar-refractivity contribution in [1.82, 2.24) is 19.3 Å². The third-order valence-corrected chi connectivity index (χ3v) is 2.52. The molecular formula is C10H9ClN4O3. The second kappa shape index (κ2) is 4.61. The number of nitrogens with zero attached hydrogens (tertiary/aromatic N) is 4. The molecule has 18 heavy (non-hydrogen) atoms. The first kappa shape index (κ1) is 12.3. The Labute approximate surface area is 106 Å². The maximum absolute atomic E-state index is 11.6. The van der Waals surface area contributed by atoms with E-state index in [-0.39, 0.29) is 11.1 Å². The SMILES string of the molecule is CCc1cc(=O)n(C(=O)O)n1-c1ccnc(Cl)n1. The predicted octanol–water partition coefficient (Wildman–Crippen LogP) is 1.17. The van der Waals surface area contributed by atoms with Crippen molar-refractivity contribution in [3.05, 3.63) is 39.7 Å². The van der Waals surface area contributed by atoms with Gasteiger partial charge < -0.3 is 5.11 Å². The highest BCUT2D eigenvalue weighted by Gasteiger charge is 2.17. The van der Waals surface area contributed by atoms with E-state index >= 15 is 0 Å². The summed E-state index contributed by atoms with van der Waals surface area (Å²) >= 11 is 5.66. The number of hydrogen-bond acceptors (Lipinski definition) is 4. The van der Waals surface area contributed by atoms with E-state index in [4.69, 9.17) is 16.7 Å². The lowest BCUT2D eigenvalue weighted by Gasteiger charge is -2.09. The molecule has 94 valence electrons. The zero-order valence-corrected chi connectivity index (χ0v) is 10.1. The number of hydrogen-bond donors (Lipinski definition) is 1. The molecule has 0 radical (unpaired) electrons. The van der Waals surface area contributed by atoms with Crippen LogP contribution in [0.5, 0.6) is 0 Å². The van der Waals surface area contributed by atoms with Crippen molar-refractivity contribution >= 4 is 17.7 Å². The molecule has 1 N–H and O–H groups in total. The summed E-state index contributed by atoms with van der Waals surface area (Å²) in [6, 6.07) is 2.73. The van der Waals surface area contributed by atoms with Crippen molar-refractivity contribution in [2.45, 2.75) is 13.3 Å². The molecule has 0 amide bonds. The molecule has 2 aromatic rings. The van der Waals surface area contributed by atoms with E-state index in [0.717, 1.165) is 0 Å². The Hall–Kier alpha value is -2.15. The van der Waals surface area contributed by atoms with Crippen molar-refractivity contribution in [2.24, 2.45) is 0 Å². The Bertz CT molecular complexity index is 661. The normalized spacial score (nSPS) is 10.6. The quantitative estimate of drug-likeness (QED) is 0.826. The van der Waals surface area contributed by atoms with Crippen LogP contribution in [0.3, 0.4) is 0 Å². The average molecular weight is 269 g/mol. The van der Waals surface area contributed by atoms with Crippen LogP contribution in [0.15, 0.2) is 23.1 Å². The van der Waals surface area contributed by atoms with Gasteiger partial charge in [0.2, 0.25) is 5.28 Å². The van der Waals surface area contributed by atoms with E-state index in [2.05, 4.69) is 9.97 Å². The first-order chi connectivity index (χ1) is 8.54. The van der Waals surface area contributed by atoms with Gasteiger partial charge in [0.15, 0.2) is 5.82 Å². The summed E-state index contributed by atoms with van der Waals surface area (Å²) < 4.78 is 1.79.